The number of fused-ring (bicyclic) bond motifs is 1. The molecule has 0 spiro atoms. The third-order valence-corrected chi connectivity index (χ3v) is 2.13. The van der Waals surface area contributed by atoms with Crippen molar-refractivity contribution in [1.82, 2.24) is 0 Å². The molecule has 0 aliphatic carbocycles. The van der Waals surface area contributed by atoms with E-state index in [-0.39, 0.29) is 1.43 Å². The summed E-state index contributed by atoms with van der Waals surface area (Å²) in [4.78, 5) is 0. The molecule has 1 aromatic carbocycles. The fourth-order valence-corrected chi connectivity index (χ4v) is 1.41. The zero-order chi connectivity index (χ0) is 10.4. The number of anilines is 1. The van der Waals surface area contributed by atoms with Crippen LogP contribution in [-0.2, 0) is 6.42 Å². The van der Waals surface area contributed by atoms with Gasteiger partial charge in [0.15, 0.2) is 0 Å². The predicted octanol–water partition coefficient (Wildman–Crippen LogP) is 3.33. The van der Waals surface area contributed by atoms with Crippen LogP contribution >= 0.6 is 0 Å². The molecule has 2 rings (SSSR count). The lowest BCUT2D eigenvalue weighted by atomic mass is 10.1. The molecule has 1 heterocycles. The van der Waals surface area contributed by atoms with Gasteiger partial charge in [-0.25, -0.2) is 0 Å². The van der Waals surface area contributed by atoms with Crippen LogP contribution in [0.3, 0.4) is 0 Å². The van der Waals surface area contributed by atoms with Crippen molar-refractivity contribution in [2.24, 2.45) is 0 Å². The lowest BCUT2D eigenvalue weighted by molar-refractivity contribution is 0.323. The van der Waals surface area contributed by atoms with E-state index in [4.69, 9.17) is 4.74 Å². The van der Waals surface area contributed by atoms with Crippen molar-refractivity contribution in [3.63, 3.8) is 0 Å². The lowest BCUT2D eigenvalue weighted by Crippen LogP contribution is -2.17. The second-order valence-corrected chi connectivity index (χ2v) is 2.96. The average molecular weight is 195 g/mol. The molecule has 0 bridgehead atoms. The van der Waals surface area contributed by atoms with E-state index >= 15 is 0 Å². The Morgan fingerprint density at radius 1 is 1.43 bits per heavy atom. The van der Waals surface area contributed by atoms with Crippen molar-refractivity contribution < 1.29 is 6.16 Å². The highest BCUT2D eigenvalue weighted by Crippen LogP contribution is 2.27. The van der Waals surface area contributed by atoms with Gasteiger partial charge in [-0.2, -0.15) is 0 Å². The van der Waals surface area contributed by atoms with Crippen molar-refractivity contribution in [3.05, 3.63) is 23.8 Å². The van der Waals surface area contributed by atoms with Gasteiger partial charge in [0.1, 0.15) is 12.4 Å². The van der Waals surface area contributed by atoms with Crippen LogP contribution in [0.1, 0.15) is 27.8 Å². The van der Waals surface area contributed by atoms with E-state index in [1.165, 1.54) is 5.56 Å². The molecule has 1 aliphatic heterocycles. The molecule has 0 radical (unpaired) electrons. The smallest absolute Gasteiger partial charge is 0.142 e. The van der Waals surface area contributed by atoms with Gasteiger partial charge in [-0.3, -0.25) is 0 Å². The second kappa shape index (κ2) is 5.53. The summed E-state index contributed by atoms with van der Waals surface area (Å²) in [6.45, 7) is 7.85. The van der Waals surface area contributed by atoms with E-state index < -0.39 is 0 Å². The van der Waals surface area contributed by atoms with E-state index in [2.05, 4.69) is 24.4 Å². The summed E-state index contributed by atoms with van der Waals surface area (Å²) in [5.74, 6) is 0.985. The summed E-state index contributed by atoms with van der Waals surface area (Å²) in [6.07, 6.45) is 1.08. The van der Waals surface area contributed by atoms with Gasteiger partial charge in [0.25, 0.3) is 0 Å². The van der Waals surface area contributed by atoms with Gasteiger partial charge in [-0.1, -0.05) is 26.8 Å². The molecule has 14 heavy (non-hydrogen) atoms. The summed E-state index contributed by atoms with van der Waals surface area (Å²) in [6, 6.07) is 6.32. The summed E-state index contributed by atoms with van der Waals surface area (Å²) >= 11 is 0. The number of ether oxygens (including phenoxy) is 1. The van der Waals surface area contributed by atoms with E-state index in [9.17, 15) is 0 Å². The summed E-state index contributed by atoms with van der Waals surface area (Å²) < 4.78 is 5.46. The molecule has 0 aromatic heterocycles. The van der Waals surface area contributed by atoms with E-state index in [0.29, 0.717) is 0 Å². The first kappa shape index (κ1) is 10.9. The van der Waals surface area contributed by atoms with Crippen molar-refractivity contribution >= 4 is 5.69 Å². The van der Waals surface area contributed by atoms with Gasteiger partial charge in [-0.05, 0) is 24.1 Å². The molecule has 1 aromatic rings. The largest absolute Gasteiger partial charge is 0.490 e. The summed E-state index contributed by atoms with van der Waals surface area (Å²) in [7, 11) is 0. The Morgan fingerprint density at radius 2 is 2.21 bits per heavy atom. The van der Waals surface area contributed by atoms with Gasteiger partial charge in [0.2, 0.25) is 0 Å². The molecule has 1 N–H and O–H groups in total. The first-order valence-electron chi connectivity index (χ1n) is 5.40. The van der Waals surface area contributed by atoms with E-state index in [1.54, 1.807) is 0 Å². The number of hydrogen-bond donors (Lipinski definition) is 1. The Hall–Kier alpha value is -1.18. The zero-order valence-corrected chi connectivity index (χ0v) is 9.26. The fraction of sp³-hybridized carbons (Fsp3) is 0.500. The second-order valence-electron chi connectivity index (χ2n) is 2.96. The van der Waals surface area contributed by atoms with Gasteiger partial charge in [0.05, 0.1) is 5.69 Å². The summed E-state index contributed by atoms with van der Waals surface area (Å²) in [5, 5.41) is 3.31. The lowest BCUT2D eigenvalue weighted by Gasteiger charge is -2.19. The van der Waals surface area contributed by atoms with Gasteiger partial charge >= 0.3 is 0 Å². The number of aryl methyl sites for hydroxylation is 1. The van der Waals surface area contributed by atoms with Crippen LogP contribution in [0.5, 0.6) is 5.75 Å². The maximum Gasteiger partial charge on any atom is 0.142 e. The van der Waals surface area contributed by atoms with E-state index in [1.807, 2.05) is 19.9 Å². The molecule has 0 atom stereocenters. The topological polar surface area (TPSA) is 21.3 Å². The van der Waals surface area contributed by atoms with Crippen LogP contribution in [0, 0.1) is 0 Å². The van der Waals surface area contributed by atoms with Gasteiger partial charge in [-0.15, -0.1) is 0 Å². The predicted molar refractivity (Wildman–Crippen MR) is 63.3 cm³/mol. The number of nitrogens with one attached hydrogen (secondary N) is 1. The van der Waals surface area contributed by atoms with Crippen LogP contribution in [-0.4, -0.2) is 13.2 Å². The molecular weight excluding hydrogens is 174 g/mol. The Labute approximate surface area is 87.8 Å². The highest BCUT2D eigenvalue weighted by Gasteiger charge is 2.08. The molecule has 0 unspecified atom stereocenters. The van der Waals surface area contributed by atoms with Crippen LogP contribution in [0.15, 0.2) is 18.2 Å². The zero-order valence-electron chi connectivity index (χ0n) is 9.26. The number of benzene rings is 1. The monoisotopic (exact) mass is 195 g/mol. The van der Waals surface area contributed by atoms with Crippen molar-refractivity contribution in [2.45, 2.75) is 27.2 Å². The maximum atomic E-state index is 5.46. The number of hydrogen-bond acceptors (Lipinski definition) is 2. The minimum absolute atomic E-state index is 0. The molecule has 0 saturated heterocycles. The van der Waals surface area contributed by atoms with Gasteiger partial charge < -0.3 is 10.1 Å². The highest BCUT2D eigenvalue weighted by atomic mass is 16.5. The van der Waals surface area contributed by atoms with Crippen LogP contribution in [0.2, 0.25) is 0 Å². The summed E-state index contributed by atoms with van der Waals surface area (Å²) in [5.41, 5.74) is 2.49. The quantitative estimate of drug-likeness (QED) is 0.742. The van der Waals surface area contributed by atoms with Crippen molar-refractivity contribution in [2.75, 3.05) is 18.5 Å². The highest BCUT2D eigenvalue weighted by molar-refractivity contribution is 5.59. The first-order valence-corrected chi connectivity index (χ1v) is 5.40. The molecule has 0 amide bonds. The van der Waals surface area contributed by atoms with Crippen molar-refractivity contribution in [3.8, 4) is 5.75 Å². The van der Waals surface area contributed by atoms with Crippen molar-refractivity contribution in [1.29, 1.82) is 0 Å². The van der Waals surface area contributed by atoms with Crippen LogP contribution in [0.25, 0.3) is 0 Å². The number of rotatable bonds is 1. The van der Waals surface area contributed by atoms with Crippen LogP contribution < -0.4 is 10.1 Å². The third-order valence-electron chi connectivity index (χ3n) is 2.13. The average Bonchev–Trinajstić information content (AvgIpc) is 2.31. The Morgan fingerprint density at radius 3 is 2.93 bits per heavy atom. The SMILES string of the molecule is CC.CCc1ccc2c(c1)NCCO2.[HH]. The molecule has 2 heteroatoms. The minimum atomic E-state index is 0. The standard InChI is InChI=1S/C10H13NO.C2H6.H2/c1-2-8-3-4-10-9(7-8)11-5-6-12-10;1-2;/h3-4,7,11H,2,5-6H2,1H3;1-2H3;1H. The fourth-order valence-electron chi connectivity index (χ4n) is 1.41. The molecular formula is C12H21NO. The normalized spacial score (nSPS) is 12.8. The minimum Gasteiger partial charge on any atom is -0.490 e. The maximum absolute atomic E-state index is 5.46. The Bertz CT molecular complexity index is 289. The molecule has 0 saturated carbocycles. The molecule has 0 fully saturated rings. The molecule has 2 nitrogen and oxygen atoms in total. The van der Waals surface area contributed by atoms with Gasteiger partial charge in [0, 0.05) is 7.97 Å². The first-order chi connectivity index (χ1) is 6.90. The van der Waals surface area contributed by atoms with Crippen LogP contribution in [0.4, 0.5) is 5.69 Å². The Kier molecular flexibility index (Phi) is 4.30. The van der Waals surface area contributed by atoms with E-state index in [0.717, 1.165) is 31.0 Å². The Balaban J connectivity index is 0.000000617. The molecule has 80 valence electrons. The third kappa shape index (κ3) is 2.41. The molecule has 1 aliphatic rings.